The van der Waals surface area contributed by atoms with Gasteiger partial charge >= 0.3 is 0 Å². The number of hydrogen-bond donors (Lipinski definition) is 0. The highest BCUT2D eigenvalue weighted by Gasteiger charge is 2.53. The lowest BCUT2D eigenvalue weighted by molar-refractivity contribution is 0.436. The monoisotopic (exact) mass is 1060 g/mol. The number of hydrogen-bond acceptors (Lipinski definition) is 3. The number of anilines is 3. The standard InChI is InChI=1S/C80H51NO2/c1-2-19-52(20-3-1)53-37-39-54(40-38-53)55-41-46-58(47-42-55)81(59-48-43-56(44-49-59)61-24-18-31-72-78(61)63-23-5-8-26-66(63)80(72)70-29-11-16-35-76(70)83-77-36-17-12-30-71(77)80)73-32-13-6-21-60(73)57-45-50-67-64(51-57)62-22-4-7-25-65(62)79(67)68-27-9-14-33-74(68)82-75-34-15-10-28-69(75)79/h1-51H. The van der Waals surface area contributed by atoms with E-state index in [2.05, 4.69) is 314 Å². The topological polar surface area (TPSA) is 21.7 Å². The quantitative estimate of drug-likeness (QED) is 0.159. The predicted molar refractivity (Wildman–Crippen MR) is 338 cm³/mol. The molecular weight excluding hydrogens is 1010 g/mol. The van der Waals surface area contributed by atoms with E-state index in [9.17, 15) is 0 Å². The largest absolute Gasteiger partial charge is 0.457 e. The molecule has 83 heavy (non-hydrogen) atoms. The first-order valence-corrected chi connectivity index (χ1v) is 28.6. The molecule has 2 aliphatic heterocycles. The number of fused-ring (bicyclic) bond motifs is 18. The van der Waals surface area contributed by atoms with Crippen LogP contribution in [0.2, 0.25) is 0 Å². The number of benzene rings is 13. The molecule has 3 heteroatoms. The van der Waals surface area contributed by atoms with Crippen molar-refractivity contribution in [3.05, 3.63) is 354 Å². The SMILES string of the molecule is c1ccc(-c2ccc(-c3ccc(N(c4ccc(-c5cccc6c5-c5ccccc5C65c6ccccc6Oc6ccccc65)cc4)c4ccccc4-c4ccc5c(c4)-c4ccccc4C54c5ccccc5Oc5ccccc54)cc3)cc2)cc1. The lowest BCUT2D eigenvalue weighted by Crippen LogP contribution is -2.32. The zero-order valence-electron chi connectivity index (χ0n) is 45.2. The molecule has 0 bridgehead atoms. The van der Waals surface area contributed by atoms with Crippen molar-refractivity contribution in [2.45, 2.75) is 10.8 Å². The van der Waals surface area contributed by atoms with Crippen molar-refractivity contribution in [1.82, 2.24) is 0 Å². The lowest BCUT2D eigenvalue weighted by atomic mass is 9.66. The molecule has 13 aromatic rings. The fraction of sp³-hybridized carbons (Fsp3) is 0.0250. The summed E-state index contributed by atoms with van der Waals surface area (Å²) >= 11 is 0. The van der Waals surface area contributed by atoms with Crippen molar-refractivity contribution < 1.29 is 9.47 Å². The van der Waals surface area contributed by atoms with E-state index in [1.54, 1.807) is 0 Å². The van der Waals surface area contributed by atoms with Crippen LogP contribution in [0.1, 0.15) is 44.5 Å². The molecule has 0 N–H and O–H groups in total. The molecule has 0 saturated heterocycles. The Morgan fingerprint density at radius 2 is 0.578 bits per heavy atom. The van der Waals surface area contributed by atoms with Crippen molar-refractivity contribution in [3.63, 3.8) is 0 Å². The Morgan fingerprint density at radius 1 is 0.217 bits per heavy atom. The normalized spacial score (nSPS) is 13.7. The fourth-order valence-electron chi connectivity index (χ4n) is 14.6. The van der Waals surface area contributed by atoms with Crippen LogP contribution in [0, 0.1) is 0 Å². The van der Waals surface area contributed by atoms with Gasteiger partial charge in [-0.2, -0.15) is 0 Å². The number of nitrogens with zero attached hydrogens (tertiary/aromatic N) is 1. The van der Waals surface area contributed by atoms with Gasteiger partial charge in [-0.15, -0.1) is 0 Å². The van der Waals surface area contributed by atoms with Crippen LogP contribution in [0.15, 0.2) is 309 Å². The van der Waals surface area contributed by atoms with E-state index < -0.39 is 10.8 Å². The van der Waals surface area contributed by atoms with E-state index in [4.69, 9.17) is 9.47 Å². The molecule has 0 unspecified atom stereocenters. The van der Waals surface area contributed by atoms with Crippen LogP contribution in [0.4, 0.5) is 17.1 Å². The van der Waals surface area contributed by atoms with E-state index in [-0.39, 0.29) is 0 Å². The van der Waals surface area contributed by atoms with Gasteiger partial charge in [-0.1, -0.05) is 249 Å². The zero-order chi connectivity index (χ0) is 54.6. The molecule has 2 spiro atoms. The predicted octanol–water partition coefficient (Wildman–Crippen LogP) is 20.8. The Labute approximate surface area is 483 Å². The third-order valence-electron chi connectivity index (χ3n) is 18.1. The van der Waals surface area contributed by atoms with Crippen LogP contribution in [0.5, 0.6) is 23.0 Å². The van der Waals surface area contributed by atoms with Crippen molar-refractivity contribution in [2.24, 2.45) is 0 Å². The van der Waals surface area contributed by atoms with Crippen molar-refractivity contribution in [3.8, 4) is 89.8 Å². The minimum absolute atomic E-state index is 0.547. The van der Waals surface area contributed by atoms with E-state index in [1.807, 2.05) is 0 Å². The van der Waals surface area contributed by atoms with E-state index >= 15 is 0 Å². The van der Waals surface area contributed by atoms with Gasteiger partial charge in [0.05, 0.1) is 16.5 Å². The molecule has 0 saturated carbocycles. The minimum Gasteiger partial charge on any atom is -0.457 e. The highest BCUT2D eigenvalue weighted by atomic mass is 16.5. The van der Waals surface area contributed by atoms with Crippen LogP contribution < -0.4 is 14.4 Å². The van der Waals surface area contributed by atoms with Gasteiger partial charge in [0.2, 0.25) is 0 Å². The second-order valence-electron chi connectivity index (χ2n) is 22.2. The van der Waals surface area contributed by atoms with Crippen molar-refractivity contribution >= 4 is 17.1 Å². The van der Waals surface area contributed by atoms with Gasteiger partial charge < -0.3 is 14.4 Å². The van der Waals surface area contributed by atoms with Gasteiger partial charge in [0.15, 0.2) is 0 Å². The highest BCUT2D eigenvalue weighted by molar-refractivity contribution is 5.98. The summed E-state index contributed by atoms with van der Waals surface area (Å²) in [6.45, 7) is 0. The molecule has 0 atom stereocenters. The minimum atomic E-state index is -0.552. The maximum absolute atomic E-state index is 6.67. The number of para-hydroxylation sites is 5. The molecule has 0 radical (unpaired) electrons. The third-order valence-corrected chi connectivity index (χ3v) is 18.1. The maximum atomic E-state index is 6.67. The summed E-state index contributed by atoms with van der Waals surface area (Å²) in [5.41, 5.74) is 26.1. The molecule has 2 heterocycles. The van der Waals surface area contributed by atoms with E-state index in [1.165, 1.54) is 66.8 Å². The third kappa shape index (κ3) is 6.86. The molecular formula is C80H51NO2. The first-order valence-electron chi connectivity index (χ1n) is 28.6. The maximum Gasteiger partial charge on any atom is 0.132 e. The van der Waals surface area contributed by atoms with Gasteiger partial charge in [0.1, 0.15) is 23.0 Å². The first kappa shape index (κ1) is 47.1. The second-order valence-corrected chi connectivity index (χ2v) is 22.2. The molecule has 4 aliphatic rings. The Balaban J connectivity index is 0.815. The zero-order valence-corrected chi connectivity index (χ0v) is 45.2. The summed E-state index contributed by atoms with van der Waals surface area (Å²) in [7, 11) is 0. The molecule has 0 amide bonds. The summed E-state index contributed by atoms with van der Waals surface area (Å²) < 4.78 is 13.3. The van der Waals surface area contributed by atoms with Crippen LogP contribution in [0.3, 0.4) is 0 Å². The van der Waals surface area contributed by atoms with Gasteiger partial charge in [-0.3, -0.25) is 0 Å². The summed E-state index contributed by atoms with van der Waals surface area (Å²) in [5.74, 6) is 3.56. The molecule has 3 nitrogen and oxygen atoms in total. The Kier molecular flexibility index (Phi) is 10.4. The second kappa shape index (κ2) is 18.4. The molecule has 0 fully saturated rings. The Morgan fingerprint density at radius 3 is 1.13 bits per heavy atom. The molecule has 17 rings (SSSR count). The van der Waals surface area contributed by atoms with Crippen molar-refractivity contribution in [2.75, 3.05) is 4.90 Å². The van der Waals surface area contributed by atoms with Gasteiger partial charge in [-0.25, -0.2) is 0 Å². The fourth-order valence-corrected chi connectivity index (χ4v) is 14.6. The van der Waals surface area contributed by atoms with E-state index in [0.29, 0.717) is 0 Å². The van der Waals surface area contributed by atoms with Crippen molar-refractivity contribution in [1.29, 1.82) is 0 Å². The Hall–Kier alpha value is -10.7. The van der Waals surface area contributed by atoms with Crippen LogP contribution in [0.25, 0.3) is 66.8 Å². The summed E-state index contributed by atoms with van der Waals surface area (Å²) in [5, 5.41) is 0. The average Bonchev–Trinajstić information content (AvgIpc) is 1.96. The van der Waals surface area contributed by atoms with Gasteiger partial charge in [-0.05, 0) is 144 Å². The molecule has 388 valence electrons. The summed E-state index contributed by atoms with van der Waals surface area (Å²) in [6, 6.07) is 113. The first-order chi connectivity index (χ1) is 41.2. The Bertz CT molecular complexity index is 4640. The smallest absolute Gasteiger partial charge is 0.132 e. The molecule has 0 aromatic heterocycles. The van der Waals surface area contributed by atoms with Crippen LogP contribution >= 0.6 is 0 Å². The van der Waals surface area contributed by atoms with Crippen LogP contribution in [-0.4, -0.2) is 0 Å². The highest BCUT2D eigenvalue weighted by Crippen LogP contribution is 2.65. The number of ether oxygens (including phenoxy) is 2. The molecule has 13 aromatic carbocycles. The number of rotatable bonds is 7. The van der Waals surface area contributed by atoms with Gasteiger partial charge in [0, 0.05) is 39.2 Å². The summed E-state index contributed by atoms with van der Waals surface area (Å²) in [6.07, 6.45) is 0. The van der Waals surface area contributed by atoms with Gasteiger partial charge in [0.25, 0.3) is 0 Å². The lowest BCUT2D eigenvalue weighted by Gasteiger charge is -2.39. The summed E-state index contributed by atoms with van der Waals surface area (Å²) in [4.78, 5) is 2.44. The van der Waals surface area contributed by atoms with E-state index in [0.717, 1.165) is 84.6 Å². The van der Waals surface area contributed by atoms with Crippen LogP contribution in [-0.2, 0) is 10.8 Å². The molecule has 2 aliphatic carbocycles. The average molecular weight is 1060 g/mol.